The highest BCUT2D eigenvalue weighted by atomic mass is 16.4. The van der Waals surface area contributed by atoms with E-state index in [1.165, 1.54) is 0 Å². The van der Waals surface area contributed by atoms with Gasteiger partial charge in [-0.1, -0.05) is 49.4 Å². The molecule has 0 fully saturated rings. The van der Waals surface area contributed by atoms with Crippen LogP contribution in [-0.4, -0.2) is 17.0 Å². The molecule has 4 heteroatoms. The Morgan fingerprint density at radius 1 is 1.25 bits per heavy atom. The molecule has 4 nitrogen and oxygen atoms in total. The van der Waals surface area contributed by atoms with E-state index < -0.39 is 11.9 Å². The third kappa shape index (κ3) is 6.18. The molecule has 2 N–H and O–H groups in total. The number of amides is 1. The van der Waals surface area contributed by atoms with Crippen LogP contribution in [0.15, 0.2) is 42.5 Å². The third-order valence-electron chi connectivity index (χ3n) is 2.94. The second-order valence-corrected chi connectivity index (χ2v) is 4.62. The fraction of sp³-hybridized carbons (Fsp3) is 0.375. The molecule has 0 aliphatic rings. The van der Waals surface area contributed by atoms with E-state index in [0.717, 1.165) is 12.0 Å². The van der Waals surface area contributed by atoms with Gasteiger partial charge in [0.15, 0.2) is 0 Å². The molecule has 20 heavy (non-hydrogen) atoms. The highest BCUT2D eigenvalue weighted by Crippen LogP contribution is 2.10. The standard InChI is InChI=1S/C16H21NO3/c1-2-3-5-10-14(16(19)20)11-15(18)17-12-13-8-6-4-7-9-13/h3-9,14H,2,10-12H2,1H3,(H,17,18)(H,19,20)/b5-3+. The zero-order valence-electron chi connectivity index (χ0n) is 11.7. The Morgan fingerprint density at radius 2 is 1.95 bits per heavy atom. The number of benzene rings is 1. The molecule has 0 aromatic heterocycles. The first-order valence-electron chi connectivity index (χ1n) is 6.82. The number of hydrogen-bond acceptors (Lipinski definition) is 2. The summed E-state index contributed by atoms with van der Waals surface area (Å²) in [5.41, 5.74) is 0.999. The summed E-state index contributed by atoms with van der Waals surface area (Å²) in [6.45, 7) is 2.41. The van der Waals surface area contributed by atoms with Crippen molar-refractivity contribution >= 4 is 11.9 Å². The van der Waals surface area contributed by atoms with Gasteiger partial charge in [-0.3, -0.25) is 9.59 Å². The van der Waals surface area contributed by atoms with E-state index >= 15 is 0 Å². The molecular formula is C16H21NO3. The smallest absolute Gasteiger partial charge is 0.307 e. The first-order chi connectivity index (χ1) is 9.63. The van der Waals surface area contributed by atoms with Gasteiger partial charge in [-0.2, -0.15) is 0 Å². The number of carbonyl (C=O) groups is 2. The van der Waals surface area contributed by atoms with Gasteiger partial charge >= 0.3 is 5.97 Å². The van der Waals surface area contributed by atoms with Crippen LogP contribution < -0.4 is 5.32 Å². The molecule has 0 radical (unpaired) electrons. The lowest BCUT2D eigenvalue weighted by atomic mass is 10.0. The summed E-state index contributed by atoms with van der Waals surface area (Å²) in [6, 6.07) is 9.54. The molecule has 1 rings (SSSR count). The first kappa shape index (κ1) is 16.0. The van der Waals surface area contributed by atoms with Crippen molar-refractivity contribution in [2.45, 2.75) is 32.7 Å². The van der Waals surface area contributed by atoms with Crippen molar-refractivity contribution in [1.82, 2.24) is 5.32 Å². The summed E-state index contributed by atoms with van der Waals surface area (Å²) in [6.07, 6.45) is 5.01. The highest BCUT2D eigenvalue weighted by molar-refractivity contribution is 5.82. The number of allylic oxidation sites excluding steroid dienone is 2. The van der Waals surface area contributed by atoms with Gasteiger partial charge in [-0.15, -0.1) is 0 Å². The molecule has 0 bridgehead atoms. The van der Waals surface area contributed by atoms with E-state index in [4.69, 9.17) is 5.11 Å². The normalized spacial score (nSPS) is 12.2. The van der Waals surface area contributed by atoms with Crippen LogP contribution in [0.3, 0.4) is 0 Å². The number of carboxylic acid groups (broad SMARTS) is 1. The van der Waals surface area contributed by atoms with Crippen LogP contribution in [0, 0.1) is 5.92 Å². The molecule has 0 aliphatic heterocycles. The largest absolute Gasteiger partial charge is 0.481 e. The van der Waals surface area contributed by atoms with E-state index in [1.807, 2.05) is 49.4 Å². The number of carboxylic acids is 1. The number of aliphatic carboxylic acids is 1. The molecule has 1 aromatic rings. The van der Waals surface area contributed by atoms with Crippen molar-refractivity contribution in [2.75, 3.05) is 0 Å². The zero-order valence-corrected chi connectivity index (χ0v) is 11.7. The van der Waals surface area contributed by atoms with Crippen molar-refractivity contribution in [2.24, 2.45) is 5.92 Å². The molecule has 1 atom stereocenters. The molecule has 0 saturated carbocycles. The molecule has 0 spiro atoms. The van der Waals surface area contributed by atoms with Gasteiger partial charge in [0.2, 0.25) is 5.91 Å². The fourth-order valence-electron chi connectivity index (χ4n) is 1.79. The maximum absolute atomic E-state index is 11.8. The van der Waals surface area contributed by atoms with Gasteiger partial charge < -0.3 is 10.4 Å². The van der Waals surface area contributed by atoms with E-state index in [9.17, 15) is 9.59 Å². The molecule has 0 heterocycles. The summed E-state index contributed by atoms with van der Waals surface area (Å²) in [4.78, 5) is 22.9. The lowest BCUT2D eigenvalue weighted by Gasteiger charge is -2.10. The lowest BCUT2D eigenvalue weighted by molar-refractivity contribution is -0.143. The second-order valence-electron chi connectivity index (χ2n) is 4.62. The second kappa shape index (κ2) is 8.91. The molecule has 108 valence electrons. The van der Waals surface area contributed by atoms with Crippen LogP contribution in [0.25, 0.3) is 0 Å². The maximum atomic E-state index is 11.8. The lowest BCUT2D eigenvalue weighted by Crippen LogP contribution is -2.27. The van der Waals surface area contributed by atoms with Gasteiger partial charge in [0, 0.05) is 13.0 Å². The number of nitrogens with one attached hydrogen (secondary N) is 1. The molecule has 1 amide bonds. The van der Waals surface area contributed by atoms with E-state index in [-0.39, 0.29) is 12.3 Å². The van der Waals surface area contributed by atoms with Crippen molar-refractivity contribution in [3.63, 3.8) is 0 Å². The summed E-state index contributed by atoms with van der Waals surface area (Å²) >= 11 is 0. The Kier molecular flexibility index (Phi) is 7.11. The van der Waals surface area contributed by atoms with Gasteiger partial charge in [0.25, 0.3) is 0 Å². The number of rotatable bonds is 8. The average Bonchev–Trinajstić information content (AvgIpc) is 2.45. The monoisotopic (exact) mass is 275 g/mol. The number of carbonyl (C=O) groups excluding carboxylic acids is 1. The average molecular weight is 275 g/mol. The van der Waals surface area contributed by atoms with Crippen LogP contribution in [0.4, 0.5) is 0 Å². The fourth-order valence-corrected chi connectivity index (χ4v) is 1.79. The Balaban J connectivity index is 2.41. The van der Waals surface area contributed by atoms with Gasteiger partial charge in [-0.05, 0) is 18.4 Å². The SMILES string of the molecule is CC/C=C/CC(CC(=O)NCc1ccccc1)C(=O)O. The molecular weight excluding hydrogens is 254 g/mol. The first-order valence-corrected chi connectivity index (χ1v) is 6.82. The summed E-state index contributed by atoms with van der Waals surface area (Å²) in [5.74, 6) is -1.82. The molecule has 1 aromatic carbocycles. The van der Waals surface area contributed by atoms with Crippen LogP contribution in [0.2, 0.25) is 0 Å². The van der Waals surface area contributed by atoms with Gasteiger partial charge in [0.1, 0.15) is 0 Å². The zero-order chi connectivity index (χ0) is 14.8. The summed E-state index contributed by atoms with van der Waals surface area (Å²) in [7, 11) is 0. The predicted octanol–water partition coefficient (Wildman–Crippen LogP) is 2.75. The van der Waals surface area contributed by atoms with Gasteiger partial charge in [-0.25, -0.2) is 0 Å². The van der Waals surface area contributed by atoms with Crippen molar-refractivity contribution < 1.29 is 14.7 Å². The predicted molar refractivity (Wildman–Crippen MR) is 78.1 cm³/mol. The van der Waals surface area contributed by atoms with Crippen LogP contribution in [0.1, 0.15) is 31.7 Å². The van der Waals surface area contributed by atoms with E-state index in [0.29, 0.717) is 13.0 Å². The minimum absolute atomic E-state index is 0.0101. The topological polar surface area (TPSA) is 66.4 Å². The van der Waals surface area contributed by atoms with Crippen molar-refractivity contribution in [3.05, 3.63) is 48.0 Å². The summed E-state index contributed by atoms with van der Waals surface area (Å²) in [5, 5.41) is 11.8. The van der Waals surface area contributed by atoms with E-state index in [2.05, 4.69) is 5.32 Å². The van der Waals surface area contributed by atoms with Crippen molar-refractivity contribution in [3.8, 4) is 0 Å². The van der Waals surface area contributed by atoms with Crippen LogP contribution in [0.5, 0.6) is 0 Å². The highest BCUT2D eigenvalue weighted by Gasteiger charge is 2.19. The third-order valence-corrected chi connectivity index (χ3v) is 2.94. The van der Waals surface area contributed by atoms with Gasteiger partial charge in [0.05, 0.1) is 5.92 Å². The minimum atomic E-state index is -0.930. The van der Waals surface area contributed by atoms with Crippen LogP contribution >= 0.6 is 0 Å². The number of hydrogen-bond donors (Lipinski definition) is 2. The van der Waals surface area contributed by atoms with Crippen LogP contribution in [-0.2, 0) is 16.1 Å². The molecule has 0 aliphatic carbocycles. The van der Waals surface area contributed by atoms with E-state index in [1.54, 1.807) is 0 Å². The Morgan fingerprint density at radius 3 is 2.55 bits per heavy atom. The quantitative estimate of drug-likeness (QED) is 0.717. The Labute approximate surface area is 119 Å². The Bertz CT molecular complexity index is 454. The summed E-state index contributed by atoms with van der Waals surface area (Å²) < 4.78 is 0. The minimum Gasteiger partial charge on any atom is -0.481 e. The molecule has 1 unspecified atom stereocenters. The maximum Gasteiger partial charge on any atom is 0.307 e. The Hall–Kier alpha value is -2.10. The van der Waals surface area contributed by atoms with Crippen molar-refractivity contribution in [1.29, 1.82) is 0 Å². The molecule has 0 saturated heterocycles.